The minimum absolute atomic E-state index is 0.0331. The van der Waals surface area contributed by atoms with Crippen molar-refractivity contribution >= 4 is 23.8 Å². The quantitative estimate of drug-likeness (QED) is 0.435. The Morgan fingerprint density at radius 3 is 2.66 bits per heavy atom. The number of aromatic nitrogens is 2. The van der Waals surface area contributed by atoms with Crippen LogP contribution in [-0.2, 0) is 17.8 Å². The molecule has 146 valence electrons. The molecule has 0 spiro atoms. The van der Waals surface area contributed by atoms with Crippen molar-refractivity contribution in [1.82, 2.24) is 10.2 Å². The monoisotopic (exact) mass is 407 g/mol. The predicted molar refractivity (Wildman–Crippen MR) is 107 cm³/mol. The van der Waals surface area contributed by atoms with E-state index in [1.54, 1.807) is 30.3 Å². The molecule has 2 aromatic carbocycles. The number of aliphatic carboxylic acids is 1. The lowest BCUT2D eigenvalue weighted by molar-refractivity contribution is -0.131. The van der Waals surface area contributed by atoms with Crippen LogP contribution >= 0.6 is 11.8 Å². The van der Waals surface area contributed by atoms with Gasteiger partial charge in [-0.1, -0.05) is 37.3 Å². The summed E-state index contributed by atoms with van der Waals surface area (Å²) < 4.78 is 11.3. The van der Waals surface area contributed by atoms with Crippen LogP contribution in [0.1, 0.15) is 29.5 Å². The van der Waals surface area contributed by atoms with Gasteiger partial charge in [-0.25, -0.2) is 4.79 Å². The van der Waals surface area contributed by atoms with Crippen LogP contribution < -0.4 is 4.74 Å². The summed E-state index contributed by atoms with van der Waals surface area (Å²) in [4.78, 5) is 11.7. The fourth-order valence-corrected chi connectivity index (χ4v) is 3.04. The lowest BCUT2D eigenvalue weighted by Gasteiger charge is -2.10. The number of carboxylic acids is 1. The molecule has 7 nitrogen and oxygen atoms in total. The number of aryl methyl sites for hydroxylation is 1. The highest BCUT2D eigenvalue weighted by Gasteiger charge is 2.16. The number of benzene rings is 2. The smallest absolute Gasteiger partial charge is 0.342 e. The first-order valence-corrected chi connectivity index (χ1v) is 9.56. The number of nitriles is 1. The van der Waals surface area contributed by atoms with Crippen molar-refractivity contribution < 1.29 is 19.1 Å². The molecular formula is C21H17N3O4S. The van der Waals surface area contributed by atoms with Crippen molar-refractivity contribution in [1.29, 1.82) is 5.26 Å². The molecule has 1 N–H and O–H groups in total. The van der Waals surface area contributed by atoms with E-state index in [-0.39, 0.29) is 16.7 Å². The number of carboxylic acid groups (broad SMARTS) is 1. The molecule has 1 aromatic heterocycles. The lowest BCUT2D eigenvalue weighted by Crippen LogP contribution is -1.99. The fourth-order valence-electron chi connectivity index (χ4n) is 2.36. The Labute approximate surface area is 171 Å². The van der Waals surface area contributed by atoms with Crippen molar-refractivity contribution in [3.8, 4) is 11.8 Å². The molecule has 3 aromatic rings. The van der Waals surface area contributed by atoms with E-state index in [1.807, 2.05) is 25.1 Å². The molecule has 0 amide bonds. The maximum Gasteiger partial charge on any atom is 0.342 e. The van der Waals surface area contributed by atoms with Gasteiger partial charge in [0.2, 0.25) is 5.89 Å². The van der Waals surface area contributed by atoms with Gasteiger partial charge in [0.05, 0.1) is 11.6 Å². The lowest BCUT2D eigenvalue weighted by atomic mass is 10.1. The number of rotatable bonds is 8. The maximum absolute atomic E-state index is 11.7. The Morgan fingerprint density at radius 2 is 2.00 bits per heavy atom. The minimum atomic E-state index is -1.10. The van der Waals surface area contributed by atoms with Gasteiger partial charge in [0, 0.05) is 12.0 Å². The van der Waals surface area contributed by atoms with Crippen molar-refractivity contribution in [3.05, 3.63) is 76.0 Å². The number of hydrogen-bond donors (Lipinski definition) is 1. The molecule has 0 aliphatic rings. The SMILES string of the molecule is CCc1nnc(S/C(=C\c2ccccc2OCc2ccc(C#N)cc2)C(=O)O)o1. The van der Waals surface area contributed by atoms with Crippen LogP contribution in [0.5, 0.6) is 5.75 Å². The van der Waals surface area contributed by atoms with Crippen LogP contribution in [0.15, 0.2) is 63.1 Å². The molecule has 0 bridgehead atoms. The average Bonchev–Trinajstić information content (AvgIpc) is 3.20. The van der Waals surface area contributed by atoms with E-state index >= 15 is 0 Å². The second-order valence-corrected chi connectivity index (χ2v) is 6.86. The number of para-hydroxylation sites is 1. The largest absolute Gasteiger partial charge is 0.488 e. The third-order valence-corrected chi connectivity index (χ3v) is 4.69. The zero-order valence-electron chi connectivity index (χ0n) is 15.5. The fraction of sp³-hybridized carbons (Fsp3) is 0.143. The van der Waals surface area contributed by atoms with Crippen LogP contribution in [0.2, 0.25) is 0 Å². The molecule has 0 unspecified atom stereocenters. The zero-order chi connectivity index (χ0) is 20.6. The Kier molecular flexibility index (Phi) is 6.66. The summed E-state index contributed by atoms with van der Waals surface area (Å²) in [7, 11) is 0. The molecule has 0 aliphatic heterocycles. The van der Waals surface area contributed by atoms with Gasteiger partial charge in [0.15, 0.2) is 0 Å². The Balaban J connectivity index is 1.79. The molecule has 0 aliphatic carbocycles. The summed E-state index contributed by atoms with van der Waals surface area (Å²) in [5.41, 5.74) is 2.09. The van der Waals surface area contributed by atoms with E-state index in [0.29, 0.717) is 29.2 Å². The number of hydrogen-bond acceptors (Lipinski definition) is 7. The Morgan fingerprint density at radius 1 is 1.24 bits per heavy atom. The van der Waals surface area contributed by atoms with Crippen LogP contribution in [0, 0.1) is 11.3 Å². The third kappa shape index (κ3) is 5.46. The third-order valence-electron chi connectivity index (χ3n) is 3.84. The molecule has 0 atom stereocenters. The van der Waals surface area contributed by atoms with Crippen LogP contribution in [0.4, 0.5) is 0 Å². The van der Waals surface area contributed by atoms with E-state index in [9.17, 15) is 9.90 Å². The second kappa shape index (κ2) is 9.57. The molecule has 0 fully saturated rings. The summed E-state index contributed by atoms with van der Waals surface area (Å²) in [5, 5.41) is 26.3. The maximum atomic E-state index is 11.7. The number of carbonyl (C=O) groups is 1. The molecular weight excluding hydrogens is 390 g/mol. The highest BCUT2D eigenvalue weighted by atomic mass is 32.2. The van der Waals surface area contributed by atoms with Crippen LogP contribution in [0.3, 0.4) is 0 Å². The summed E-state index contributed by atoms with van der Waals surface area (Å²) in [5.74, 6) is -0.118. The molecule has 3 rings (SSSR count). The van der Waals surface area contributed by atoms with Gasteiger partial charge < -0.3 is 14.3 Å². The molecule has 0 saturated carbocycles. The zero-order valence-corrected chi connectivity index (χ0v) is 16.3. The van der Waals surface area contributed by atoms with E-state index in [2.05, 4.69) is 16.3 Å². The standard InChI is InChI=1S/C21H17N3O4S/c1-2-19-23-24-21(28-19)29-18(20(25)26)11-16-5-3-4-6-17(16)27-13-15-9-7-14(12-22)8-10-15/h3-11H,2,13H2,1H3,(H,25,26)/b18-11-. The highest BCUT2D eigenvalue weighted by Crippen LogP contribution is 2.30. The number of ether oxygens (including phenoxy) is 1. The molecule has 0 saturated heterocycles. The van der Waals surface area contributed by atoms with Crippen LogP contribution in [0.25, 0.3) is 6.08 Å². The normalized spacial score (nSPS) is 11.1. The van der Waals surface area contributed by atoms with Gasteiger partial charge in [-0.15, -0.1) is 10.2 Å². The van der Waals surface area contributed by atoms with E-state index in [0.717, 1.165) is 17.3 Å². The summed E-state index contributed by atoms with van der Waals surface area (Å²) >= 11 is 0.890. The van der Waals surface area contributed by atoms with Crippen molar-refractivity contribution in [2.75, 3.05) is 0 Å². The predicted octanol–water partition coefficient (Wildman–Crippen LogP) is 4.30. The number of nitrogens with zero attached hydrogens (tertiary/aromatic N) is 3. The van der Waals surface area contributed by atoms with Gasteiger partial charge in [-0.3, -0.25) is 0 Å². The summed E-state index contributed by atoms with van der Waals surface area (Å²) in [6.45, 7) is 2.16. The Bertz CT molecular complexity index is 1070. The van der Waals surface area contributed by atoms with Gasteiger partial charge in [0.1, 0.15) is 17.3 Å². The molecule has 29 heavy (non-hydrogen) atoms. The summed E-state index contributed by atoms with van der Waals surface area (Å²) in [6.07, 6.45) is 2.09. The van der Waals surface area contributed by atoms with Crippen LogP contribution in [-0.4, -0.2) is 21.3 Å². The van der Waals surface area contributed by atoms with Crippen molar-refractivity contribution in [2.45, 2.75) is 25.2 Å². The van der Waals surface area contributed by atoms with Gasteiger partial charge >= 0.3 is 5.97 Å². The molecule has 0 radical (unpaired) electrons. The first-order chi connectivity index (χ1) is 14.1. The van der Waals surface area contributed by atoms with Gasteiger partial charge in [0.25, 0.3) is 5.22 Å². The first-order valence-electron chi connectivity index (χ1n) is 8.75. The average molecular weight is 407 g/mol. The highest BCUT2D eigenvalue weighted by molar-refractivity contribution is 8.03. The van der Waals surface area contributed by atoms with Gasteiger partial charge in [-0.2, -0.15) is 5.26 Å². The number of thioether (sulfide) groups is 1. The summed E-state index contributed by atoms with van der Waals surface area (Å²) in [6, 6.07) is 16.3. The van der Waals surface area contributed by atoms with E-state index < -0.39 is 5.97 Å². The van der Waals surface area contributed by atoms with Crippen molar-refractivity contribution in [3.63, 3.8) is 0 Å². The topological polar surface area (TPSA) is 109 Å². The second-order valence-electron chi connectivity index (χ2n) is 5.87. The van der Waals surface area contributed by atoms with E-state index in [1.165, 1.54) is 6.08 Å². The van der Waals surface area contributed by atoms with Gasteiger partial charge in [-0.05, 0) is 41.6 Å². The van der Waals surface area contributed by atoms with E-state index in [4.69, 9.17) is 14.4 Å². The molecule has 1 heterocycles. The Hall–Kier alpha value is -3.57. The van der Waals surface area contributed by atoms with Crippen molar-refractivity contribution in [2.24, 2.45) is 0 Å². The molecule has 8 heteroatoms. The first kappa shape index (κ1) is 20.2. The minimum Gasteiger partial charge on any atom is -0.488 e.